The van der Waals surface area contributed by atoms with E-state index in [4.69, 9.17) is 20.4 Å². The predicted octanol–water partition coefficient (Wildman–Crippen LogP) is 3.46. The molecule has 0 aromatic heterocycles. The van der Waals surface area contributed by atoms with E-state index in [0.717, 1.165) is 6.42 Å². The van der Waals surface area contributed by atoms with Crippen molar-refractivity contribution >= 4 is 8.53 Å². The maximum atomic E-state index is 8.68. The fraction of sp³-hybridized carbons (Fsp3) is 0.929. The van der Waals surface area contributed by atoms with Crippen LogP contribution in [-0.4, -0.2) is 42.2 Å². The SMILES string of the molecule is [2H]CC1OCC[C@H]1OP(OCCC#N)N(C(C)C)C(C)C. The molecule has 0 amide bonds. The standard InChI is InChI=1S/C14H27N2O3P/c1-11(2)16(12(3)4)20(18-9-6-8-15)19-14-7-10-17-13(14)5/h11-14H,6-7,9-10H2,1-5H3/t13?,14-,20?/m1/s1/i5D. The molecule has 1 rings (SSSR count). The van der Waals surface area contributed by atoms with Gasteiger partial charge in [-0.25, -0.2) is 4.67 Å². The van der Waals surface area contributed by atoms with Gasteiger partial charge in [0.25, 0.3) is 8.53 Å². The van der Waals surface area contributed by atoms with Crippen molar-refractivity contribution in [3.8, 4) is 6.07 Å². The van der Waals surface area contributed by atoms with Crippen molar-refractivity contribution in [3.05, 3.63) is 0 Å². The Morgan fingerprint density at radius 1 is 1.45 bits per heavy atom. The molecular formula is C14H27N2O3P. The normalized spacial score (nSPS) is 25.2. The lowest BCUT2D eigenvalue weighted by Crippen LogP contribution is -2.35. The molecule has 0 aromatic carbocycles. The summed E-state index contributed by atoms with van der Waals surface area (Å²) >= 11 is 0. The summed E-state index contributed by atoms with van der Waals surface area (Å²) in [5.74, 6) is 0. The Morgan fingerprint density at radius 3 is 2.70 bits per heavy atom. The Morgan fingerprint density at radius 2 is 2.15 bits per heavy atom. The quantitative estimate of drug-likeness (QED) is 0.508. The van der Waals surface area contributed by atoms with Gasteiger partial charge >= 0.3 is 0 Å². The highest BCUT2D eigenvalue weighted by atomic mass is 31.2. The zero-order valence-electron chi connectivity index (χ0n) is 13.9. The third-order valence-electron chi connectivity index (χ3n) is 3.04. The van der Waals surface area contributed by atoms with E-state index in [1.807, 2.05) is 0 Å². The van der Waals surface area contributed by atoms with Gasteiger partial charge < -0.3 is 13.8 Å². The van der Waals surface area contributed by atoms with Gasteiger partial charge in [0.15, 0.2) is 0 Å². The van der Waals surface area contributed by atoms with Crippen molar-refractivity contribution < 1.29 is 15.2 Å². The van der Waals surface area contributed by atoms with Crippen LogP contribution in [0.4, 0.5) is 0 Å². The van der Waals surface area contributed by atoms with E-state index in [0.29, 0.717) is 19.6 Å². The molecule has 1 saturated heterocycles. The highest BCUT2D eigenvalue weighted by Gasteiger charge is 2.34. The minimum atomic E-state index is -1.24. The number of rotatable bonds is 8. The molecular weight excluding hydrogens is 275 g/mol. The van der Waals surface area contributed by atoms with Gasteiger partial charge in [0.1, 0.15) is 0 Å². The first-order chi connectivity index (χ1) is 10.0. The summed E-state index contributed by atoms with van der Waals surface area (Å²) in [6.45, 7) is 9.66. The van der Waals surface area contributed by atoms with Crippen molar-refractivity contribution in [3.63, 3.8) is 0 Å². The molecule has 20 heavy (non-hydrogen) atoms. The first kappa shape index (κ1) is 16.1. The van der Waals surface area contributed by atoms with Crippen LogP contribution < -0.4 is 0 Å². The molecule has 0 radical (unpaired) electrons. The van der Waals surface area contributed by atoms with Crippen LogP contribution in [0.5, 0.6) is 0 Å². The van der Waals surface area contributed by atoms with E-state index >= 15 is 0 Å². The molecule has 0 saturated carbocycles. The largest absolute Gasteiger partial charge is 0.376 e. The molecule has 3 atom stereocenters. The van der Waals surface area contributed by atoms with Crippen LogP contribution in [0.3, 0.4) is 0 Å². The van der Waals surface area contributed by atoms with Crippen LogP contribution in [0.2, 0.25) is 0 Å². The van der Waals surface area contributed by atoms with Gasteiger partial charge in [-0.15, -0.1) is 0 Å². The molecule has 0 aliphatic carbocycles. The number of nitrogens with zero attached hydrogens (tertiary/aromatic N) is 2. The number of ether oxygens (including phenoxy) is 1. The summed E-state index contributed by atoms with van der Waals surface area (Å²) in [5.41, 5.74) is 0. The van der Waals surface area contributed by atoms with Gasteiger partial charge in [0.2, 0.25) is 0 Å². The van der Waals surface area contributed by atoms with Crippen molar-refractivity contribution in [2.75, 3.05) is 13.2 Å². The van der Waals surface area contributed by atoms with E-state index in [1.54, 1.807) is 0 Å². The van der Waals surface area contributed by atoms with Crippen LogP contribution in [0.25, 0.3) is 0 Å². The average molecular weight is 303 g/mol. The summed E-state index contributed by atoms with van der Waals surface area (Å²) < 4.78 is 27.2. The summed E-state index contributed by atoms with van der Waals surface area (Å²) in [5, 5.41) is 8.68. The molecule has 2 unspecified atom stereocenters. The first-order valence-corrected chi connectivity index (χ1v) is 8.30. The lowest BCUT2D eigenvalue weighted by atomic mass is 10.2. The van der Waals surface area contributed by atoms with Gasteiger partial charge in [-0.05, 0) is 41.0 Å². The zero-order valence-corrected chi connectivity index (χ0v) is 13.8. The molecule has 1 fully saturated rings. The first-order valence-electron chi connectivity index (χ1n) is 7.87. The van der Waals surface area contributed by atoms with E-state index in [2.05, 4.69) is 38.4 Å². The molecule has 5 nitrogen and oxygen atoms in total. The zero-order chi connectivity index (χ0) is 15.8. The van der Waals surface area contributed by atoms with Crippen molar-refractivity contribution in [2.45, 2.75) is 71.7 Å². The fourth-order valence-electron chi connectivity index (χ4n) is 2.16. The van der Waals surface area contributed by atoms with Crippen LogP contribution in [0.1, 0.15) is 48.8 Å². The number of nitriles is 1. The lowest BCUT2D eigenvalue weighted by Gasteiger charge is -2.37. The third-order valence-corrected chi connectivity index (χ3v) is 5.19. The Bertz CT molecular complexity index is 331. The second kappa shape index (κ2) is 8.92. The van der Waals surface area contributed by atoms with Crippen LogP contribution in [0.15, 0.2) is 0 Å². The molecule has 0 aromatic rings. The maximum absolute atomic E-state index is 8.68. The van der Waals surface area contributed by atoms with E-state index in [9.17, 15) is 0 Å². The molecule has 0 spiro atoms. The van der Waals surface area contributed by atoms with Crippen LogP contribution in [0, 0.1) is 11.3 Å². The third kappa shape index (κ3) is 5.27. The van der Waals surface area contributed by atoms with Crippen LogP contribution in [-0.2, 0) is 13.8 Å². The van der Waals surface area contributed by atoms with Gasteiger partial charge in [0.05, 0.1) is 31.3 Å². The molecule has 0 bridgehead atoms. The smallest absolute Gasteiger partial charge is 0.259 e. The number of hydrogen-bond acceptors (Lipinski definition) is 5. The second-order valence-corrected chi connectivity index (χ2v) is 6.80. The van der Waals surface area contributed by atoms with Crippen molar-refractivity contribution in [2.24, 2.45) is 0 Å². The molecule has 1 aliphatic heterocycles. The number of hydrogen-bond donors (Lipinski definition) is 0. The highest BCUT2D eigenvalue weighted by Crippen LogP contribution is 2.48. The fourth-order valence-corrected chi connectivity index (χ4v) is 3.94. The highest BCUT2D eigenvalue weighted by molar-refractivity contribution is 7.44. The Kier molecular flexibility index (Phi) is 7.19. The molecule has 6 heteroatoms. The van der Waals surface area contributed by atoms with Gasteiger partial charge in [-0.2, -0.15) is 5.26 Å². The summed E-state index contributed by atoms with van der Waals surface area (Å²) in [6.07, 6.45) is 0.898. The minimum Gasteiger partial charge on any atom is -0.376 e. The van der Waals surface area contributed by atoms with E-state index in [-0.39, 0.29) is 31.2 Å². The summed E-state index contributed by atoms with van der Waals surface area (Å²) in [7, 11) is -1.24. The van der Waals surface area contributed by atoms with E-state index in [1.165, 1.54) is 0 Å². The molecule has 1 heterocycles. The summed E-state index contributed by atoms with van der Waals surface area (Å²) in [6, 6.07) is 2.66. The second-order valence-electron chi connectivity index (χ2n) is 5.39. The molecule has 116 valence electrons. The Hall–Kier alpha value is -0.240. The van der Waals surface area contributed by atoms with Gasteiger partial charge in [0, 0.05) is 20.1 Å². The lowest BCUT2D eigenvalue weighted by molar-refractivity contribution is 0.0545. The molecule has 1 aliphatic rings. The minimum absolute atomic E-state index is 0.0873. The summed E-state index contributed by atoms with van der Waals surface area (Å²) in [4.78, 5) is 0. The topological polar surface area (TPSA) is 54.7 Å². The molecule has 0 N–H and O–H groups in total. The average Bonchev–Trinajstić information content (AvgIpc) is 2.85. The van der Waals surface area contributed by atoms with Gasteiger partial charge in [-0.1, -0.05) is 0 Å². The predicted molar refractivity (Wildman–Crippen MR) is 80.1 cm³/mol. The van der Waals surface area contributed by atoms with E-state index < -0.39 is 8.53 Å². The maximum Gasteiger partial charge on any atom is 0.259 e. The van der Waals surface area contributed by atoms with Crippen molar-refractivity contribution in [1.29, 1.82) is 5.26 Å². The van der Waals surface area contributed by atoms with Gasteiger partial charge in [-0.3, -0.25) is 0 Å². The monoisotopic (exact) mass is 303 g/mol. The Balaban J connectivity index is 2.73. The van der Waals surface area contributed by atoms with Crippen molar-refractivity contribution in [1.82, 2.24) is 4.67 Å². The van der Waals surface area contributed by atoms with Crippen LogP contribution >= 0.6 is 8.53 Å². The Labute approximate surface area is 125 Å².